The van der Waals surface area contributed by atoms with E-state index in [0.29, 0.717) is 6.42 Å². The SMILES string of the molecule is O=C(O)CCCCCCCCCC=Cc1cccs1. The van der Waals surface area contributed by atoms with Crippen molar-refractivity contribution in [3.8, 4) is 0 Å². The van der Waals surface area contributed by atoms with Crippen LogP contribution in [0.5, 0.6) is 0 Å². The highest BCUT2D eigenvalue weighted by Crippen LogP contribution is 2.13. The summed E-state index contributed by atoms with van der Waals surface area (Å²) in [4.78, 5) is 11.6. The molecule has 0 aliphatic rings. The molecule has 1 rings (SSSR count). The second-order valence-electron chi connectivity index (χ2n) is 4.83. The Morgan fingerprint density at radius 3 is 2.42 bits per heavy atom. The zero-order valence-corrected chi connectivity index (χ0v) is 12.3. The molecule has 106 valence electrons. The molecule has 0 atom stereocenters. The van der Waals surface area contributed by atoms with Gasteiger partial charge in [-0.15, -0.1) is 11.3 Å². The Balaban J connectivity index is 1.82. The Bertz CT molecular complexity index is 355. The van der Waals surface area contributed by atoms with E-state index < -0.39 is 5.97 Å². The molecule has 0 bridgehead atoms. The van der Waals surface area contributed by atoms with Gasteiger partial charge in [-0.3, -0.25) is 4.79 Å². The number of carboxylic acids is 1. The van der Waals surface area contributed by atoms with E-state index in [1.807, 2.05) is 0 Å². The maximum atomic E-state index is 10.3. The third kappa shape index (κ3) is 9.48. The third-order valence-electron chi connectivity index (χ3n) is 3.09. The van der Waals surface area contributed by atoms with Gasteiger partial charge in [0.15, 0.2) is 0 Å². The molecular weight excluding hydrogens is 256 g/mol. The standard InChI is InChI=1S/C16H24O2S/c17-16(18)13-9-7-5-3-1-2-4-6-8-11-15-12-10-14-19-15/h8,10-12,14H,1-7,9,13H2,(H,17,18). The van der Waals surface area contributed by atoms with Crippen molar-refractivity contribution in [3.63, 3.8) is 0 Å². The molecule has 0 aromatic carbocycles. The van der Waals surface area contributed by atoms with Crippen LogP contribution in [0.4, 0.5) is 0 Å². The van der Waals surface area contributed by atoms with E-state index in [4.69, 9.17) is 5.11 Å². The van der Waals surface area contributed by atoms with Gasteiger partial charge in [0, 0.05) is 11.3 Å². The van der Waals surface area contributed by atoms with Crippen molar-refractivity contribution in [2.75, 3.05) is 0 Å². The van der Waals surface area contributed by atoms with Crippen LogP contribution in [0, 0.1) is 0 Å². The van der Waals surface area contributed by atoms with Gasteiger partial charge < -0.3 is 5.11 Å². The first-order valence-electron chi connectivity index (χ1n) is 7.21. The van der Waals surface area contributed by atoms with Crippen LogP contribution in [-0.2, 0) is 4.79 Å². The monoisotopic (exact) mass is 280 g/mol. The number of rotatable bonds is 11. The van der Waals surface area contributed by atoms with Crippen LogP contribution in [0.25, 0.3) is 6.08 Å². The number of allylic oxidation sites excluding steroid dienone is 1. The summed E-state index contributed by atoms with van der Waals surface area (Å²) in [7, 11) is 0. The minimum atomic E-state index is -0.669. The molecule has 0 amide bonds. The lowest BCUT2D eigenvalue weighted by Crippen LogP contribution is -1.93. The molecular formula is C16H24O2S. The minimum absolute atomic E-state index is 0.327. The van der Waals surface area contributed by atoms with Gasteiger partial charge in [0.2, 0.25) is 0 Å². The molecule has 1 aromatic heterocycles. The first-order chi connectivity index (χ1) is 9.29. The molecule has 0 radical (unpaired) electrons. The maximum absolute atomic E-state index is 10.3. The van der Waals surface area contributed by atoms with Crippen molar-refractivity contribution in [2.45, 2.75) is 57.8 Å². The van der Waals surface area contributed by atoms with Crippen LogP contribution in [0.3, 0.4) is 0 Å². The third-order valence-corrected chi connectivity index (χ3v) is 3.92. The van der Waals surface area contributed by atoms with Crippen LogP contribution in [0.1, 0.15) is 62.7 Å². The Hall–Kier alpha value is -1.09. The topological polar surface area (TPSA) is 37.3 Å². The number of unbranched alkanes of at least 4 members (excludes halogenated alkanes) is 7. The van der Waals surface area contributed by atoms with Crippen LogP contribution in [0.2, 0.25) is 0 Å². The number of carbonyl (C=O) groups is 1. The van der Waals surface area contributed by atoms with Gasteiger partial charge >= 0.3 is 5.97 Å². The fourth-order valence-corrected chi connectivity index (χ4v) is 2.65. The van der Waals surface area contributed by atoms with Crippen molar-refractivity contribution >= 4 is 23.4 Å². The zero-order chi connectivity index (χ0) is 13.8. The average molecular weight is 280 g/mol. The summed E-state index contributed by atoms with van der Waals surface area (Å²) in [6.07, 6.45) is 14.1. The first-order valence-corrected chi connectivity index (χ1v) is 8.09. The molecule has 0 aliphatic heterocycles. The Kier molecular flexibility index (Phi) is 9.07. The number of thiophene rings is 1. The lowest BCUT2D eigenvalue weighted by atomic mass is 10.1. The number of hydrogen-bond donors (Lipinski definition) is 1. The molecule has 1 N–H and O–H groups in total. The van der Waals surface area contributed by atoms with Crippen molar-refractivity contribution in [1.29, 1.82) is 0 Å². The quantitative estimate of drug-likeness (QED) is 0.554. The highest BCUT2D eigenvalue weighted by molar-refractivity contribution is 7.10. The highest BCUT2D eigenvalue weighted by Gasteiger charge is 1.96. The predicted octanol–water partition coefficient (Wildman–Crippen LogP) is 5.36. The smallest absolute Gasteiger partial charge is 0.303 e. The van der Waals surface area contributed by atoms with E-state index >= 15 is 0 Å². The van der Waals surface area contributed by atoms with Gasteiger partial charge in [0.25, 0.3) is 0 Å². The molecule has 19 heavy (non-hydrogen) atoms. The number of aliphatic carboxylic acids is 1. The van der Waals surface area contributed by atoms with Gasteiger partial charge in [0.05, 0.1) is 0 Å². The summed E-state index contributed by atoms with van der Waals surface area (Å²) in [6, 6.07) is 4.22. The molecule has 0 fully saturated rings. The van der Waals surface area contributed by atoms with Crippen molar-refractivity contribution < 1.29 is 9.90 Å². The minimum Gasteiger partial charge on any atom is -0.481 e. The second kappa shape index (κ2) is 10.8. The molecule has 0 aliphatic carbocycles. The average Bonchev–Trinajstić information content (AvgIpc) is 2.88. The van der Waals surface area contributed by atoms with Crippen LogP contribution < -0.4 is 0 Å². The highest BCUT2D eigenvalue weighted by atomic mass is 32.1. The molecule has 2 nitrogen and oxygen atoms in total. The largest absolute Gasteiger partial charge is 0.481 e. The Morgan fingerprint density at radius 1 is 1.11 bits per heavy atom. The zero-order valence-electron chi connectivity index (χ0n) is 11.5. The molecule has 0 saturated carbocycles. The molecule has 0 spiro atoms. The van der Waals surface area contributed by atoms with E-state index in [-0.39, 0.29) is 0 Å². The van der Waals surface area contributed by atoms with Gasteiger partial charge in [-0.05, 0) is 36.8 Å². The predicted molar refractivity (Wildman–Crippen MR) is 82.5 cm³/mol. The van der Waals surface area contributed by atoms with Gasteiger partial charge in [0.1, 0.15) is 0 Å². The van der Waals surface area contributed by atoms with E-state index in [1.165, 1.54) is 37.0 Å². The molecule has 1 heterocycles. The summed E-state index contributed by atoms with van der Waals surface area (Å²) < 4.78 is 0. The second-order valence-corrected chi connectivity index (χ2v) is 5.80. The summed E-state index contributed by atoms with van der Waals surface area (Å²) >= 11 is 1.78. The summed E-state index contributed by atoms with van der Waals surface area (Å²) in [5.74, 6) is -0.669. The summed E-state index contributed by atoms with van der Waals surface area (Å²) in [5.41, 5.74) is 0. The van der Waals surface area contributed by atoms with E-state index in [1.54, 1.807) is 11.3 Å². The van der Waals surface area contributed by atoms with Crippen LogP contribution in [-0.4, -0.2) is 11.1 Å². The summed E-state index contributed by atoms with van der Waals surface area (Å²) in [5, 5.41) is 10.6. The maximum Gasteiger partial charge on any atom is 0.303 e. The van der Waals surface area contributed by atoms with E-state index in [0.717, 1.165) is 19.3 Å². The summed E-state index contributed by atoms with van der Waals surface area (Å²) in [6.45, 7) is 0. The van der Waals surface area contributed by atoms with Gasteiger partial charge in [-0.2, -0.15) is 0 Å². The molecule has 1 aromatic rings. The fourth-order valence-electron chi connectivity index (χ4n) is 2.01. The molecule has 3 heteroatoms. The fraction of sp³-hybridized carbons (Fsp3) is 0.562. The van der Waals surface area contributed by atoms with Gasteiger partial charge in [-0.25, -0.2) is 0 Å². The normalized spacial score (nSPS) is 11.2. The number of hydrogen-bond acceptors (Lipinski definition) is 2. The van der Waals surface area contributed by atoms with Crippen molar-refractivity contribution in [2.24, 2.45) is 0 Å². The van der Waals surface area contributed by atoms with Crippen molar-refractivity contribution in [3.05, 3.63) is 28.5 Å². The van der Waals surface area contributed by atoms with E-state index in [9.17, 15) is 4.79 Å². The first kappa shape index (κ1) is 16.0. The van der Waals surface area contributed by atoms with Gasteiger partial charge in [-0.1, -0.05) is 44.2 Å². The lowest BCUT2D eigenvalue weighted by Gasteiger charge is -2.00. The van der Waals surface area contributed by atoms with Crippen LogP contribution in [0.15, 0.2) is 23.6 Å². The lowest BCUT2D eigenvalue weighted by molar-refractivity contribution is -0.137. The Labute approximate surface area is 120 Å². The Morgan fingerprint density at radius 2 is 1.79 bits per heavy atom. The van der Waals surface area contributed by atoms with Crippen LogP contribution >= 0.6 is 11.3 Å². The van der Waals surface area contributed by atoms with Crippen molar-refractivity contribution in [1.82, 2.24) is 0 Å². The number of carboxylic acid groups (broad SMARTS) is 1. The van der Waals surface area contributed by atoms with E-state index in [2.05, 4.69) is 29.7 Å². The molecule has 0 saturated heterocycles. The molecule has 0 unspecified atom stereocenters.